The van der Waals surface area contributed by atoms with E-state index >= 15 is 0 Å². The molecule has 0 fully saturated rings. The standard InChI is InChI=1S/C33H37BrINO4/c1-7-36-23-14-32(2,3)16-25(37)29(23)28(30-24(36)15-33(4,5)17-26(30)38)20-12-22(35)31(27(13-20)39-6)40-18-19-8-10-21(34)11-9-19/h8-13,28H,7,14-18H2,1-6H3. The molecular weight excluding hydrogens is 681 g/mol. The molecule has 5 nitrogen and oxygen atoms in total. The molecule has 0 amide bonds. The summed E-state index contributed by atoms with van der Waals surface area (Å²) < 4.78 is 14.0. The van der Waals surface area contributed by atoms with Crippen molar-refractivity contribution in [1.82, 2.24) is 4.90 Å². The third-order valence-electron chi connectivity index (χ3n) is 8.22. The molecule has 3 aliphatic rings. The number of hydrogen-bond acceptors (Lipinski definition) is 5. The predicted octanol–water partition coefficient (Wildman–Crippen LogP) is 8.35. The molecule has 0 radical (unpaired) electrons. The minimum Gasteiger partial charge on any atom is -0.493 e. The Kier molecular flexibility index (Phi) is 8.03. The summed E-state index contributed by atoms with van der Waals surface area (Å²) in [5.74, 6) is 1.15. The minimum absolute atomic E-state index is 0.128. The molecule has 1 heterocycles. The van der Waals surface area contributed by atoms with Crippen LogP contribution in [0.25, 0.3) is 0 Å². The Balaban J connectivity index is 1.64. The molecule has 212 valence electrons. The normalized spacial score (nSPS) is 20.4. The van der Waals surface area contributed by atoms with Gasteiger partial charge in [-0.05, 0) is 88.6 Å². The fraction of sp³-hybridized carbons (Fsp3) is 0.455. The van der Waals surface area contributed by atoms with Gasteiger partial charge in [0.2, 0.25) is 0 Å². The molecule has 0 saturated carbocycles. The Hall–Kier alpha value is -2.13. The lowest BCUT2D eigenvalue weighted by atomic mass is 9.63. The van der Waals surface area contributed by atoms with Gasteiger partial charge in [-0.3, -0.25) is 9.59 Å². The van der Waals surface area contributed by atoms with Crippen LogP contribution in [0.5, 0.6) is 11.5 Å². The lowest BCUT2D eigenvalue weighted by molar-refractivity contribution is -0.119. The van der Waals surface area contributed by atoms with Gasteiger partial charge < -0.3 is 14.4 Å². The van der Waals surface area contributed by atoms with Gasteiger partial charge in [-0.15, -0.1) is 0 Å². The molecule has 0 saturated heterocycles. The first-order valence-electron chi connectivity index (χ1n) is 13.9. The Morgan fingerprint density at radius 3 is 1.98 bits per heavy atom. The zero-order valence-electron chi connectivity index (χ0n) is 24.1. The molecule has 0 atom stereocenters. The van der Waals surface area contributed by atoms with Crippen molar-refractivity contribution in [2.24, 2.45) is 10.8 Å². The van der Waals surface area contributed by atoms with Gasteiger partial charge in [0.05, 0.1) is 10.7 Å². The number of carbonyl (C=O) groups excluding carboxylic acids is 2. The van der Waals surface area contributed by atoms with Gasteiger partial charge in [0, 0.05) is 52.3 Å². The molecule has 0 unspecified atom stereocenters. The van der Waals surface area contributed by atoms with Crippen LogP contribution in [0.15, 0.2) is 63.4 Å². The topological polar surface area (TPSA) is 55.8 Å². The second kappa shape index (κ2) is 10.9. The van der Waals surface area contributed by atoms with Gasteiger partial charge >= 0.3 is 0 Å². The third-order valence-corrected chi connectivity index (χ3v) is 9.55. The number of methoxy groups -OCH3 is 1. The summed E-state index contributed by atoms with van der Waals surface area (Å²) in [5.41, 5.74) is 5.45. The second-order valence-electron chi connectivity index (χ2n) is 12.7. The summed E-state index contributed by atoms with van der Waals surface area (Å²) in [6, 6.07) is 12.1. The fourth-order valence-electron chi connectivity index (χ4n) is 6.55. The maximum absolute atomic E-state index is 13.9. The molecule has 2 aliphatic carbocycles. The summed E-state index contributed by atoms with van der Waals surface area (Å²) >= 11 is 5.76. The van der Waals surface area contributed by atoms with E-state index in [4.69, 9.17) is 9.47 Å². The number of hydrogen-bond donors (Lipinski definition) is 0. The Bertz CT molecular complexity index is 1380. The number of ether oxygens (including phenoxy) is 2. The average molecular weight is 718 g/mol. The second-order valence-corrected chi connectivity index (χ2v) is 14.8. The fourth-order valence-corrected chi connectivity index (χ4v) is 7.59. The molecule has 7 heteroatoms. The summed E-state index contributed by atoms with van der Waals surface area (Å²) in [4.78, 5) is 30.1. The van der Waals surface area contributed by atoms with Crippen LogP contribution in [0.4, 0.5) is 0 Å². The van der Waals surface area contributed by atoms with Gasteiger partial charge in [0.15, 0.2) is 23.1 Å². The summed E-state index contributed by atoms with van der Waals surface area (Å²) in [7, 11) is 1.64. The van der Waals surface area contributed by atoms with Gasteiger partial charge in [-0.25, -0.2) is 0 Å². The lowest BCUT2D eigenvalue weighted by Crippen LogP contribution is -2.44. The zero-order valence-corrected chi connectivity index (χ0v) is 27.9. The number of benzene rings is 2. The zero-order chi connectivity index (χ0) is 29.0. The van der Waals surface area contributed by atoms with E-state index in [0.717, 1.165) is 61.1 Å². The molecule has 5 rings (SSSR count). The number of halogens is 2. The van der Waals surface area contributed by atoms with Crippen LogP contribution in [-0.2, 0) is 16.2 Å². The van der Waals surface area contributed by atoms with E-state index in [0.29, 0.717) is 30.9 Å². The van der Waals surface area contributed by atoms with Crippen LogP contribution in [-0.4, -0.2) is 30.1 Å². The molecule has 1 aliphatic heterocycles. The monoisotopic (exact) mass is 717 g/mol. The average Bonchev–Trinajstić information content (AvgIpc) is 2.86. The Morgan fingerprint density at radius 1 is 0.925 bits per heavy atom. The highest BCUT2D eigenvalue weighted by molar-refractivity contribution is 14.1. The van der Waals surface area contributed by atoms with E-state index in [2.05, 4.69) is 84.1 Å². The van der Waals surface area contributed by atoms with Crippen molar-refractivity contribution in [2.75, 3.05) is 13.7 Å². The molecule has 40 heavy (non-hydrogen) atoms. The molecule has 0 spiro atoms. The summed E-state index contributed by atoms with van der Waals surface area (Å²) in [6.45, 7) is 11.9. The first-order valence-corrected chi connectivity index (χ1v) is 15.8. The van der Waals surface area contributed by atoms with Crippen LogP contribution >= 0.6 is 38.5 Å². The number of allylic oxidation sites excluding steroid dienone is 4. The maximum atomic E-state index is 13.9. The van der Waals surface area contributed by atoms with Crippen molar-refractivity contribution < 1.29 is 19.1 Å². The molecule has 2 aromatic rings. The van der Waals surface area contributed by atoms with Gasteiger partial charge in [-0.1, -0.05) is 55.8 Å². The van der Waals surface area contributed by atoms with Crippen LogP contribution in [0.1, 0.15) is 77.3 Å². The van der Waals surface area contributed by atoms with E-state index in [9.17, 15) is 9.59 Å². The van der Waals surface area contributed by atoms with E-state index in [1.165, 1.54) is 0 Å². The van der Waals surface area contributed by atoms with E-state index < -0.39 is 5.92 Å². The number of nitrogens with zero attached hydrogens (tertiary/aromatic N) is 1. The third kappa shape index (κ3) is 5.52. The molecule has 0 aromatic heterocycles. The van der Waals surface area contributed by atoms with Crippen molar-refractivity contribution in [3.8, 4) is 11.5 Å². The maximum Gasteiger partial charge on any atom is 0.174 e. The number of ketones is 2. The van der Waals surface area contributed by atoms with Gasteiger partial charge in [0.25, 0.3) is 0 Å². The van der Waals surface area contributed by atoms with Crippen LogP contribution in [0.2, 0.25) is 0 Å². The quantitative estimate of drug-likeness (QED) is 0.281. The lowest BCUT2D eigenvalue weighted by Gasteiger charge is -2.49. The van der Waals surface area contributed by atoms with Crippen molar-refractivity contribution in [1.29, 1.82) is 0 Å². The molecule has 2 aromatic carbocycles. The largest absolute Gasteiger partial charge is 0.493 e. The highest BCUT2D eigenvalue weighted by Crippen LogP contribution is 2.55. The van der Waals surface area contributed by atoms with Crippen LogP contribution < -0.4 is 9.47 Å². The predicted molar refractivity (Wildman–Crippen MR) is 169 cm³/mol. The molecule has 0 bridgehead atoms. The SMILES string of the molecule is CCN1C2=C(C(=O)CC(C)(C)C2)C(c2cc(I)c(OCc3ccc(Br)cc3)c(OC)c2)C2=C1CC(C)(C)CC2=O. The Morgan fingerprint density at radius 2 is 1.48 bits per heavy atom. The van der Waals surface area contributed by atoms with Gasteiger partial charge in [-0.2, -0.15) is 0 Å². The minimum atomic E-state index is -0.400. The van der Waals surface area contributed by atoms with Crippen molar-refractivity contribution in [3.05, 3.63) is 78.1 Å². The van der Waals surface area contributed by atoms with Crippen molar-refractivity contribution in [3.63, 3.8) is 0 Å². The molecule has 0 N–H and O–H groups in total. The van der Waals surface area contributed by atoms with E-state index in [1.54, 1.807) is 7.11 Å². The molecular formula is C33H37BrINO4. The number of rotatable bonds is 6. The smallest absolute Gasteiger partial charge is 0.174 e. The van der Waals surface area contributed by atoms with E-state index in [1.807, 2.05) is 30.3 Å². The summed E-state index contributed by atoms with van der Waals surface area (Å²) in [5, 5.41) is 0. The van der Waals surface area contributed by atoms with Crippen molar-refractivity contribution >= 4 is 50.1 Å². The first-order chi connectivity index (χ1) is 18.8. The Labute approximate surface area is 259 Å². The first kappa shape index (κ1) is 29.4. The highest BCUT2D eigenvalue weighted by atomic mass is 127. The van der Waals surface area contributed by atoms with Crippen LogP contribution in [0, 0.1) is 14.4 Å². The van der Waals surface area contributed by atoms with Gasteiger partial charge in [0.1, 0.15) is 6.61 Å². The van der Waals surface area contributed by atoms with Crippen LogP contribution in [0.3, 0.4) is 0 Å². The number of Topliss-reactive ketones (excluding diaryl/α,β-unsaturated/α-hetero) is 2. The van der Waals surface area contributed by atoms with E-state index in [-0.39, 0.29) is 22.4 Å². The van der Waals surface area contributed by atoms with Crippen molar-refractivity contribution in [2.45, 2.75) is 72.8 Å². The highest BCUT2D eigenvalue weighted by Gasteiger charge is 2.48. The number of carbonyl (C=O) groups is 2. The summed E-state index contributed by atoms with van der Waals surface area (Å²) in [6.07, 6.45) is 2.58.